The molecule has 2 aromatic heterocycles. The van der Waals surface area contributed by atoms with Gasteiger partial charge in [0.15, 0.2) is 0 Å². The summed E-state index contributed by atoms with van der Waals surface area (Å²) in [6.45, 7) is 9.62. The van der Waals surface area contributed by atoms with Gasteiger partial charge in [-0.25, -0.2) is 9.97 Å². The summed E-state index contributed by atoms with van der Waals surface area (Å²) in [6, 6.07) is 1.96. The van der Waals surface area contributed by atoms with Crippen molar-refractivity contribution in [1.82, 2.24) is 24.9 Å². The van der Waals surface area contributed by atoms with Crippen molar-refractivity contribution in [1.29, 1.82) is 0 Å². The van der Waals surface area contributed by atoms with Crippen molar-refractivity contribution in [2.75, 3.05) is 55.0 Å². The molecule has 1 fully saturated rings. The Bertz CT molecular complexity index is 696. The number of rotatable bonds is 4. The average molecular weight is 342 g/mol. The lowest BCUT2D eigenvalue weighted by Gasteiger charge is -2.35. The van der Waals surface area contributed by atoms with Gasteiger partial charge in [0.05, 0.1) is 0 Å². The Hall–Kier alpha value is -2.51. The zero-order chi connectivity index (χ0) is 18.0. The van der Waals surface area contributed by atoms with Crippen molar-refractivity contribution in [3.63, 3.8) is 0 Å². The maximum absolute atomic E-state index is 4.68. The summed E-state index contributed by atoms with van der Waals surface area (Å²) in [5.41, 5.74) is 0. The van der Waals surface area contributed by atoms with Gasteiger partial charge in [0, 0.05) is 52.4 Å². The largest absolute Gasteiger partial charge is 0.353 e. The summed E-state index contributed by atoms with van der Waals surface area (Å²) in [5.74, 6) is 4.37. The molecule has 0 spiro atoms. The molecule has 0 N–H and O–H groups in total. The number of piperazine rings is 1. The fraction of sp³-hybridized carbons (Fsp3) is 0.588. The lowest BCUT2D eigenvalue weighted by Crippen LogP contribution is -2.47. The fourth-order valence-corrected chi connectivity index (χ4v) is 2.72. The molecule has 0 aromatic carbocycles. The van der Waals surface area contributed by atoms with Crippen LogP contribution in [0.15, 0.2) is 12.3 Å². The third kappa shape index (κ3) is 3.94. The van der Waals surface area contributed by atoms with Crippen LogP contribution in [0.2, 0.25) is 0 Å². The SMILES string of the molecule is Cc1nccc(N2CCN(c3nc(C(C)C)nc(N(C)C)n3)CC2)n1. The third-order valence-corrected chi connectivity index (χ3v) is 4.19. The highest BCUT2D eigenvalue weighted by molar-refractivity contribution is 5.43. The minimum absolute atomic E-state index is 0.269. The minimum Gasteiger partial charge on any atom is -0.353 e. The molecule has 0 radical (unpaired) electrons. The van der Waals surface area contributed by atoms with Crippen LogP contribution >= 0.6 is 0 Å². The highest BCUT2D eigenvalue weighted by Crippen LogP contribution is 2.20. The van der Waals surface area contributed by atoms with Gasteiger partial charge in [0.2, 0.25) is 11.9 Å². The molecular formula is C17H26N8. The Morgan fingerprint density at radius 2 is 1.64 bits per heavy atom. The maximum atomic E-state index is 4.68. The Kier molecular flexibility index (Phi) is 4.96. The quantitative estimate of drug-likeness (QED) is 0.827. The fourth-order valence-electron chi connectivity index (χ4n) is 2.72. The Labute approximate surface area is 149 Å². The van der Waals surface area contributed by atoms with E-state index in [1.54, 1.807) is 0 Å². The average Bonchev–Trinajstić information content (AvgIpc) is 2.61. The summed E-state index contributed by atoms with van der Waals surface area (Å²) in [6.07, 6.45) is 1.81. The number of aryl methyl sites for hydroxylation is 1. The molecule has 3 heterocycles. The van der Waals surface area contributed by atoms with Gasteiger partial charge in [-0.3, -0.25) is 0 Å². The molecule has 0 amide bonds. The first-order valence-electron chi connectivity index (χ1n) is 8.67. The predicted molar refractivity (Wildman–Crippen MR) is 99.4 cm³/mol. The standard InChI is InChI=1S/C17H26N8/c1-12(2)15-20-16(23(4)5)22-17(21-15)25-10-8-24(9-11-25)14-6-7-18-13(3)19-14/h6-7,12H,8-11H2,1-5H3. The maximum Gasteiger partial charge on any atom is 0.230 e. The lowest BCUT2D eigenvalue weighted by molar-refractivity contribution is 0.625. The number of hydrogen-bond donors (Lipinski definition) is 0. The summed E-state index contributed by atoms with van der Waals surface area (Å²) in [4.78, 5) is 29.0. The van der Waals surface area contributed by atoms with Crippen LogP contribution in [0.4, 0.5) is 17.7 Å². The van der Waals surface area contributed by atoms with E-state index in [0.29, 0.717) is 5.95 Å². The van der Waals surface area contributed by atoms with Crippen LogP contribution in [0.3, 0.4) is 0 Å². The van der Waals surface area contributed by atoms with Crippen molar-refractivity contribution < 1.29 is 0 Å². The molecule has 1 aliphatic rings. The Balaban J connectivity index is 1.76. The van der Waals surface area contributed by atoms with E-state index in [2.05, 4.69) is 48.6 Å². The van der Waals surface area contributed by atoms with Gasteiger partial charge in [-0.05, 0) is 13.0 Å². The van der Waals surface area contributed by atoms with Crippen molar-refractivity contribution in [3.05, 3.63) is 23.9 Å². The molecule has 2 aromatic rings. The Morgan fingerprint density at radius 1 is 0.960 bits per heavy atom. The molecule has 1 saturated heterocycles. The van der Waals surface area contributed by atoms with Crippen LogP contribution in [0, 0.1) is 6.92 Å². The van der Waals surface area contributed by atoms with Gasteiger partial charge < -0.3 is 14.7 Å². The van der Waals surface area contributed by atoms with Gasteiger partial charge in [-0.15, -0.1) is 0 Å². The van der Waals surface area contributed by atoms with Gasteiger partial charge in [0.1, 0.15) is 17.5 Å². The first-order valence-corrected chi connectivity index (χ1v) is 8.67. The summed E-state index contributed by atoms with van der Waals surface area (Å²) < 4.78 is 0. The van der Waals surface area contributed by atoms with Crippen molar-refractivity contribution >= 4 is 17.7 Å². The van der Waals surface area contributed by atoms with E-state index in [0.717, 1.165) is 49.6 Å². The lowest BCUT2D eigenvalue weighted by atomic mass is 10.2. The highest BCUT2D eigenvalue weighted by atomic mass is 15.4. The molecule has 3 rings (SSSR count). The van der Waals surface area contributed by atoms with Crippen molar-refractivity contribution in [3.8, 4) is 0 Å². The molecule has 134 valence electrons. The van der Waals surface area contributed by atoms with E-state index in [1.807, 2.05) is 38.2 Å². The number of anilines is 3. The molecular weight excluding hydrogens is 316 g/mol. The topological polar surface area (TPSA) is 74.2 Å². The molecule has 0 saturated carbocycles. The number of hydrogen-bond acceptors (Lipinski definition) is 8. The highest BCUT2D eigenvalue weighted by Gasteiger charge is 2.22. The van der Waals surface area contributed by atoms with Gasteiger partial charge in [0.25, 0.3) is 0 Å². The normalized spacial score (nSPS) is 15.0. The first kappa shape index (κ1) is 17.3. The summed E-state index contributed by atoms with van der Waals surface area (Å²) in [7, 11) is 3.91. The second-order valence-electron chi connectivity index (χ2n) is 6.78. The van der Waals surface area contributed by atoms with Crippen LogP contribution in [0.1, 0.15) is 31.4 Å². The van der Waals surface area contributed by atoms with Crippen molar-refractivity contribution in [2.45, 2.75) is 26.7 Å². The number of aromatic nitrogens is 5. The zero-order valence-electron chi connectivity index (χ0n) is 15.6. The van der Waals surface area contributed by atoms with Gasteiger partial charge >= 0.3 is 0 Å². The van der Waals surface area contributed by atoms with E-state index in [9.17, 15) is 0 Å². The van der Waals surface area contributed by atoms with Crippen LogP contribution in [0.5, 0.6) is 0 Å². The zero-order valence-corrected chi connectivity index (χ0v) is 15.6. The molecule has 0 aliphatic carbocycles. The van der Waals surface area contributed by atoms with E-state index in [1.165, 1.54) is 0 Å². The molecule has 0 bridgehead atoms. The second kappa shape index (κ2) is 7.16. The second-order valence-corrected chi connectivity index (χ2v) is 6.78. The van der Waals surface area contributed by atoms with Crippen LogP contribution in [-0.2, 0) is 0 Å². The third-order valence-electron chi connectivity index (χ3n) is 4.19. The molecule has 25 heavy (non-hydrogen) atoms. The molecule has 1 aliphatic heterocycles. The minimum atomic E-state index is 0.269. The van der Waals surface area contributed by atoms with Crippen LogP contribution in [0.25, 0.3) is 0 Å². The van der Waals surface area contributed by atoms with E-state index in [-0.39, 0.29) is 5.92 Å². The van der Waals surface area contributed by atoms with Gasteiger partial charge in [-0.2, -0.15) is 15.0 Å². The molecule has 0 atom stereocenters. The van der Waals surface area contributed by atoms with E-state index < -0.39 is 0 Å². The summed E-state index contributed by atoms with van der Waals surface area (Å²) >= 11 is 0. The molecule has 8 nitrogen and oxygen atoms in total. The number of nitrogens with zero attached hydrogens (tertiary/aromatic N) is 8. The van der Waals surface area contributed by atoms with E-state index >= 15 is 0 Å². The molecule has 8 heteroatoms. The van der Waals surface area contributed by atoms with E-state index in [4.69, 9.17) is 0 Å². The summed E-state index contributed by atoms with van der Waals surface area (Å²) in [5, 5.41) is 0. The monoisotopic (exact) mass is 342 g/mol. The molecule has 0 unspecified atom stereocenters. The smallest absolute Gasteiger partial charge is 0.230 e. The van der Waals surface area contributed by atoms with Crippen LogP contribution in [-0.4, -0.2) is 65.2 Å². The predicted octanol–water partition coefficient (Wildman–Crippen LogP) is 1.49. The van der Waals surface area contributed by atoms with Crippen LogP contribution < -0.4 is 14.7 Å². The van der Waals surface area contributed by atoms with Crippen molar-refractivity contribution in [2.24, 2.45) is 0 Å². The van der Waals surface area contributed by atoms with Gasteiger partial charge in [-0.1, -0.05) is 13.8 Å². The Morgan fingerprint density at radius 3 is 2.24 bits per heavy atom. The first-order chi connectivity index (χ1) is 11.9.